The van der Waals surface area contributed by atoms with E-state index in [4.69, 9.17) is 4.74 Å². The van der Waals surface area contributed by atoms with Crippen LogP contribution >= 0.6 is 0 Å². The van der Waals surface area contributed by atoms with E-state index in [0.29, 0.717) is 24.4 Å². The molecule has 0 fully saturated rings. The van der Waals surface area contributed by atoms with Gasteiger partial charge >= 0.3 is 6.03 Å². The first kappa shape index (κ1) is 13.8. The van der Waals surface area contributed by atoms with Gasteiger partial charge in [-0.2, -0.15) is 0 Å². The lowest BCUT2D eigenvalue weighted by Gasteiger charge is -2.10. The first-order valence-corrected chi connectivity index (χ1v) is 6.21. The van der Waals surface area contributed by atoms with Crippen molar-refractivity contribution >= 4 is 11.7 Å². The molecule has 0 aliphatic carbocycles. The number of anilines is 1. The third kappa shape index (κ3) is 3.94. The van der Waals surface area contributed by atoms with Crippen molar-refractivity contribution < 1.29 is 9.53 Å². The summed E-state index contributed by atoms with van der Waals surface area (Å²) in [6, 6.07) is 6.98. The van der Waals surface area contributed by atoms with Crippen molar-refractivity contribution in [3.63, 3.8) is 0 Å². The molecular formula is C14H16N4O2. The predicted octanol–water partition coefficient (Wildman–Crippen LogP) is 1.85. The predicted molar refractivity (Wildman–Crippen MR) is 75.8 cm³/mol. The van der Waals surface area contributed by atoms with Gasteiger partial charge in [-0.15, -0.1) is 0 Å². The molecule has 0 bridgehead atoms. The van der Waals surface area contributed by atoms with Crippen LogP contribution in [0.2, 0.25) is 0 Å². The minimum absolute atomic E-state index is 0.272. The molecule has 2 rings (SSSR count). The standard InChI is InChI=1S/C14H16N4O2/c1-20-13-5-3-2-4-12(13)18-14(19)17-7-6-11-8-15-10-16-9-11/h2-5,8-10H,6-7H2,1H3,(H2,17,18,19). The summed E-state index contributed by atoms with van der Waals surface area (Å²) in [5, 5.41) is 5.51. The van der Waals surface area contributed by atoms with Gasteiger partial charge in [0.05, 0.1) is 12.8 Å². The molecule has 20 heavy (non-hydrogen) atoms. The van der Waals surface area contributed by atoms with E-state index in [1.165, 1.54) is 6.33 Å². The molecule has 0 radical (unpaired) electrons. The van der Waals surface area contributed by atoms with Crippen LogP contribution in [-0.2, 0) is 6.42 Å². The van der Waals surface area contributed by atoms with Crippen molar-refractivity contribution in [2.45, 2.75) is 6.42 Å². The van der Waals surface area contributed by atoms with E-state index < -0.39 is 0 Å². The lowest BCUT2D eigenvalue weighted by atomic mass is 10.2. The van der Waals surface area contributed by atoms with Gasteiger partial charge in [-0.1, -0.05) is 12.1 Å². The van der Waals surface area contributed by atoms with Gasteiger partial charge in [-0.25, -0.2) is 14.8 Å². The van der Waals surface area contributed by atoms with Crippen molar-refractivity contribution in [2.75, 3.05) is 19.0 Å². The van der Waals surface area contributed by atoms with Crippen LogP contribution in [0.4, 0.5) is 10.5 Å². The Morgan fingerprint density at radius 3 is 2.75 bits per heavy atom. The fourth-order valence-electron chi connectivity index (χ4n) is 1.69. The molecule has 0 atom stereocenters. The molecule has 0 aliphatic rings. The van der Waals surface area contributed by atoms with Crippen LogP contribution in [0.3, 0.4) is 0 Å². The Kier molecular flexibility index (Phi) is 4.88. The number of methoxy groups -OCH3 is 1. The molecule has 2 amide bonds. The van der Waals surface area contributed by atoms with E-state index in [-0.39, 0.29) is 6.03 Å². The molecule has 0 saturated heterocycles. The van der Waals surface area contributed by atoms with Crippen molar-refractivity contribution in [3.05, 3.63) is 48.5 Å². The van der Waals surface area contributed by atoms with Crippen LogP contribution in [0, 0.1) is 0 Å². The number of ether oxygens (including phenoxy) is 1. The van der Waals surface area contributed by atoms with Crippen molar-refractivity contribution in [3.8, 4) is 5.75 Å². The molecule has 0 unspecified atom stereocenters. The number of para-hydroxylation sites is 2. The van der Waals surface area contributed by atoms with Crippen LogP contribution in [0.25, 0.3) is 0 Å². The maximum absolute atomic E-state index is 11.8. The Hall–Kier alpha value is -2.63. The van der Waals surface area contributed by atoms with Gasteiger partial charge in [0, 0.05) is 18.9 Å². The average molecular weight is 272 g/mol. The highest BCUT2D eigenvalue weighted by Crippen LogP contribution is 2.22. The van der Waals surface area contributed by atoms with Crippen LogP contribution in [0.5, 0.6) is 5.75 Å². The third-order valence-electron chi connectivity index (χ3n) is 2.67. The first-order valence-electron chi connectivity index (χ1n) is 6.21. The number of benzene rings is 1. The highest BCUT2D eigenvalue weighted by molar-refractivity contribution is 5.90. The molecular weight excluding hydrogens is 256 g/mol. The molecule has 2 aromatic rings. The normalized spacial score (nSPS) is 9.85. The first-order chi connectivity index (χ1) is 9.79. The SMILES string of the molecule is COc1ccccc1NC(=O)NCCc1cncnc1. The molecule has 0 spiro atoms. The highest BCUT2D eigenvalue weighted by Gasteiger charge is 2.05. The number of hydrogen-bond acceptors (Lipinski definition) is 4. The van der Waals surface area contributed by atoms with Crippen molar-refractivity contribution in [1.29, 1.82) is 0 Å². The number of aromatic nitrogens is 2. The number of nitrogens with one attached hydrogen (secondary N) is 2. The largest absolute Gasteiger partial charge is 0.495 e. The number of rotatable bonds is 5. The zero-order valence-corrected chi connectivity index (χ0v) is 11.2. The Morgan fingerprint density at radius 2 is 2.00 bits per heavy atom. The fraction of sp³-hybridized carbons (Fsp3) is 0.214. The van der Waals surface area contributed by atoms with Gasteiger partial charge in [0.15, 0.2) is 0 Å². The second-order valence-electron chi connectivity index (χ2n) is 4.08. The third-order valence-corrected chi connectivity index (χ3v) is 2.67. The molecule has 2 N–H and O–H groups in total. The van der Waals surface area contributed by atoms with Crippen LogP contribution < -0.4 is 15.4 Å². The zero-order chi connectivity index (χ0) is 14.2. The van der Waals surface area contributed by atoms with Gasteiger partial charge in [-0.05, 0) is 24.1 Å². The molecule has 6 nitrogen and oxygen atoms in total. The maximum atomic E-state index is 11.8. The zero-order valence-electron chi connectivity index (χ0n) is 11.2. The highest BCUT2D eigenvalue weighted by atomic mass is 16.5. The summed E-state index contributed by atoms with van der Waals surface area (Å²) >= 11 is 0. The number of hydrogen-bond donors (Lipinski definition) is 2. The number of nitrogens with zero attached hydrogens (tertiary/aromatic N) is 2. The molecule has 6 heteroatoms. The van der Waals surface area contributed by atoms with Crippen LogP contribution in [-0.4, -0.2) is 29.7 Å². The Bertz CT molecular complexity index is 560. The number of urea groups is 1. The summed E-state index contributed by atoms with van der Waals surface area (Å²) in [5.41, 5.74) is 1.61. The molecule has 104 valence electrons. The van der Waals surface area contributed by atoms with Gasteiger partial charge in [0.25, 0.3) is 0 Å². The summed E-state index contributed by atoms with van der Waals surface area (Å²) in [5.74, 6) is 0.624. The monoisotopic (exact) mass is 272 g/mol. The molecule has 0 saturated carbocycles. The van der Waals surface area contributed by atoms with Crippen molar-refractivity contribution in [1.82, 2.24) is 15.3 Å². The second-order valence-corrected chi connectivity index (χ2v) is 4.08. The van der Waals surface area contributed by atoms with Gasteiger partial charge in [0.2, 0.25) is 0 Å². The van der Waals surface area contributed by atoms with E-state index in [9.17, 15) is 4.79 Å². The van der Waals surface area contributed by atoms with Crippen molar-refractivity contribution in [2.24, 2.45) is 0 Å². The number of amides is 2. The smallest absolute Gasteiger partial charge is 0.319 e. The minimum atomic E-state index is -0.272. The molecule has 1 heterocycles. The van der Waals surface area contributed by atoms with Crippen LogP contribution in [0.1, 0.15) is 5.56 Å². The number of carbonyl (C=O) groups excluding carboxylic acids is 1. The summed E-state index contributed by atoms with van der Waals surface area (Å²) in [7, 11) is 1.56. The Labute approximate surface area is 117 Å². The molecule has 0 aliphatic heterocycles. The van der Waals surface area contributed by atoms with E-state index in [0.717, 1.165) is 5.56 Å². The van der Waals surface area contributed by atoms with Crippen LogP contribution in [0.15, 0.2) is 43.0 Å². The van der Waals surface area contributed by atoms with E-state index in [1.807, 2.05) is 12.1 Å². The fourth-order valence-corrected chi connectivity index (χ4v) is 1.69. The summed E-state index contributed by atoms with van der Waals surface area (Å²) in [6.45, 7) is 0.508. The second kappa shape index (κ2) is 7.08. The van der Waals surface area contributed by atoms with E-state index in [2.05, 4.69) is 20.6 Å². The summed E-state index contributed by atoms with van der Waals surface area (Å²) < 4.78 is 5.16. The lowest BCUT2D eigenvalue weighted by molar-refractivity contribution is 0.252. The van der Waals surface area contributed by atoms with E-state index in [1.54, 1.807) is 31.6 Å². The quantitative estimate of drug-likeness (QED) is 0.871. The minimum Gasteiger partial charge on any atom is -0.495 e. The summed E-state index contributed by atoms with van der Waals surface area (Å²) in [6.07, 6.45) is 5.62. The lowest BCUT2D eigenvalue weighted by Crippen LogP contribution is -2.30. The summed E-state index contributed by atoms with van der Waals surface area (Å²) in [4.78, 5) is 19.6. The van der Waals surface area contributed by atoms with Gasteiger partial charge < -0.3 is 15.4 Å². The maximum Gasteiger partial charge on any atom is 0.319 e. The van der Waals surface area contributed by atoms with E-state index >= 15 is 0 Å². The Morgan fingerprint density at radius 1 is 1.25 bits per heavy atom. The molecule has 1 aromatic carbocycles. The van der Waals surface area contributed by atoms with Gasteiger partial charge in [0.1, 0.15) is 12.1 Å². The average Bonchev–Trinajstić information content (AvgIpc) is 2.49. The number of carbonyl (C=O) groups is 1. The topological polar surface area (TPSA) is 76.1 Å². The van der Waals surface area contributed by atoms with Gasteiger partial charge in [-0.3, -0.25) is 0 Å². The molecule has 1 aromatic heterocycles. The Balaban J connectivity index is 1.81.